The Hall–Kier alpha value is -1.56. The number of carbonyl (C=O) groups excluding carboxylic acids is 1. The second kappa shape index (κ2) is 6.15. The van der Waals surface area contributed by atoms with Crippen molar-refractivity contribution in [1.82, 2.24) is 4.90 Å². The van der Waals surface area contributed by atoms with Crippen molar-refractivity contribution in [3.8, 4) is 0 Å². The molecule has 0 atom stereocenters. The minimum absolute atomic E-state index is 0.0688. The summed E-state index contributed by atoms with van der Waals surface area (Å²) in [5.41, 5.74) is 2.34. The van der Waals surface area contributed by atoms with Crippen molar-refractivity contribution >= 4 is 21.6 Å². The highest BCUT2D eigenvalue weighted by Gasteiger charge is 2.29. The molecule has 2 aliphatic rings. The van der Waals surface area contributed by atoms with Crippen LogP contribution in [0.25, 0.3) is 0 Å². The van der Waals surface area contributed by atoms with Crippen molar-refractivity contribution in [3.63, 3.8) is 0 Å². The van der Waals surface area contributed by atoms with Gasteiger partial charge in [-0.3, -0.25) is 9.10 Å². The van der Waals surface area contributed by atoms with E-state index in [0.717, 1.165) is 25.1 Å². The van der Waals surface area contributed by atoms with Gasteiger partial charge < -0.3 is 4.90 Å². The molecule has 0 bridgehead atoms. The molecule has 1 aliphatic carbocycles. The van der Waals surface area contributed by atoms with E-state index in [1.807, 2.05) is 11.0 Å². The third-order valence-electron chi connectivity index (χ3n) is 4.54. The molecule has 0 aromatic heterocycles. The summed E-state index contributed by atoms with van der Waals surface area (Å²) in [5.74, 6) is 0.736. The molecule has 1 aromatic carbocycles. The summed E-state index contributed by atoms with van der Waals surface area (Å²) in [6, 6.07) is 5.41. The lowest BCUT2D eigenvalue weighted by atomic mass is 10.1. The van der Waals surface area contributed by atoms with E-state index in [9.17, 15) is 13.2 Å². The van der Waals surface area contributed by atoms with Crippen LogP contribution in [0.2, 0.25) is 0 Å². The molecule has 6 heteroatoms. The molecule has 0 radical (unpaired) electrons. The first-order valence-electron chi connectivity index (χ1n) is 8.30. The van der Waals surface area contributed by atoms with Gasteiger partial charge in [-0.2, -0.15) is 0 Å². The van der Waals surface area contributed by atoms with Gasteiger partial charge in [-0.1, -0.05) is 6.92 Å². The molecule has 1 heterocycles. The standard InChI is InChI=1S/C17H24N2O3S/c1-3-9-18(12-13-4-5-13)17(20)15-6-7-16-14(11-15)8-10-19(16)23(2,21)22/h6-7,11,13H,3-5,8-10,12H2,1-2H3. The van der Waals surface area contributed by atoms with Crippen LogP contribution < -0.4 is 4.31 Å². The highest BCUT2D eigenvalue weighted by Crippen LogP contribution is 2.32. The summed E-state index contributed by atoms with van der Waals surface area (Å²) >= 11 is 0. The average Bonchev–Trinajstić information content (AvgIpc) is 3.20. The molecule has 0 unspecified atom stereocenters. The zero-order chi connectivity index (χ0) is 16.6. The first-order valence-corrected chi connectivity index (χ1v) is 10.1. The van der Waals surface area contributed by atoms with Crippen LogP contribution in [0.4, 0.5) is 5.69 Å². The monoisotopic (exact) mass is 336 g/mol. The van der Waals surface area contributed by atoms with E-state index >= 15 is 0 Å². The van der Waals surface area contributed by atoms with Gasteiger partial charge >= 0.3 is 0 Å². The highest BCUT2D eigenvalue weighted by molar-refractivity contribution is 7.92. The van der Waals surface area contributed by atoms with Crippen molar-refractivity contribution in [1.29, 1.82) is 0 Å². The van der Waals surface area contributed by atoms with Gasteiger partial charge in [0, 0.05) is 25.2 Å². The predicted molar refractivity (Wildman–Crippen MR) is 91.3 cm³/mol. The second-order valence-corrected chi connectivity index (χ2v) is 8.53. The average molecular weight is 336 g/mol. The Morgan fingerprint density at radius 2 is 2.09 bits per heavy atom. The lowest BCUT2D eigenvalue weighted by molar-refractivity contribution is 0.0747. The number of amides is 1. The van der Waals surface area contributed by atoms with Crippen molar-refractivity contribution in [3.05, 3.63) is 29.3 Å². The van der Waals surface area contributed by atoms with Gasteiger partial charge in [-0.25, -0.2) is 8.42 Å². The number of sulfonamides is 1. The maximum absolute atomic E-state index is 12.8. The smallest absolute Gasteiger partial charge is 0.253 e. The fraction of sp³-hybridized carbons (Fsp3) is 0.588. The summed E-state index contributed by atoms with van der Waals surface area (Å²) in [4.78, 5) is 14.7. The zero-order valence-electron chi connectivity index (χ0n) is 13.8. The molecule has 5 nitrogen and oxygen atoms in total. The highest BCUT2D eigenvalue weighted by atomic mass is 32.2. The molecular weight excluding hydrogens is 312 g/mol. The number of carbonyl (C=O) groups is 1. The van der Waals surface area contributed by atoms with E-state index in [2.05, 4.69) is 6.92 Å². The van der Waals surface area contributed by atoms with E-state index in [4.69, 9.17) is 0 Å². The number of nitrogens with zero attached hydrogens (tertiary/aromatic N) is 2. The lowest BCUT2D eigenvalue weighted by Gasteiger charge is -2.22. The van der Waals surface area contributed by atoms with Crippen molar-refractivity contribution in [2.24, 2.45) is 5.92 Å². The third kappa shape index (κ3) is 3.52. The number of anilines is 1. The van der Waals surface area contributed by atoms with Gasteiger partial charge in [0.2, 0.25) is 10.0 Å². The molecule has 1 aromatic rings. The van der Waals surface area contributed by atoms with E-state index < -0.39 is 10.0 Å². The summed E-state index contributed by atoms with van der Waals surface area (Å²) in [6.07, 6.45) is 5.28. The van der Waals surface area contributed by atoms with Crippen LogP contribution in [0, 0.1) is 5.92 Å². The maximum atomic E-state index is 12.8. The quantitative estimate of drug-likeness (QED) is 0.801. The number of fused-ring (bicyclic) bond motifs is 1. The molecule has 23 heavy (non-hydrogen) atoms. The first kappa shape index (κ1) is 16.3. The van der Waals surface area contributed by atoms with Gasteiger partial charge in [0.25, 0.3) is 5.91 Å². The van der Waals surface area contributed by atoms with Crippen LogP contribution in [0.1, 0.15) is 42.1 Å². The summed E-state index contributed by atoms with van der Waals surface area (Å²) in [7, 11) is -3.24. The Kier molecular flexibility index (Phi) is 4.36. The number of hydrogen-bond acceptors (Lipinski definition) is 3. The molecule has 1 fully saturated rings. The van der Waals surface area contributed by atoms with E-state index in [1.165, 1.54) is 23.4 Å². The summed E-state index contributed by atoms with van der Waals surface area (Å²) in [5, 5.41) is 0. The van der Waals surface area contributed by atoms with Crippen LogP contribution >= 0.6 is 0 Å². The van der Waals surface area contributed by atoms with E-state index in [-0.39, 0.29) is 5.91 Å². The van der Waals surface area contributed by atoms with Gasteiger partial charge in [-0.05, 0) is 55.4 Å². The van der Waals surface area contributed by atoms with Crippen LogP contribution in [-0.4, -0.2) is 45.1 Å². The molecule has 1 saturated carbocycles. The van der Waals surface area contributed by atoms with Crippen LogP contribution in [-0.2, 0) is 16.4 Å². The zero-order valence-corrected chi connectivity index (χ0v) is 14.6. The SMILES string of the molecule is CCCN(CC1CC1)C(=O)c1ccc2c(c1)CCN2S(C)(=O)=O. The Morgan fingerprint density at radius 3 is 2.70 bits per heavy atom. The molecule has 0 N–H and O–H groups in total. The van der Waals surface area contributed by atoms with Gasteiger partial charge in [0.15, 0.2) is 0 Å². The molecule has 0 saturated heterocycles. The maximum Gasteiger partial charge on any atom is 0.253 e. The van der Waals surface area contributed by atoms with Crippen LogP contribution in [0.15, 0.2) is 18.2 Å². The van der Waals surface area contributed by atoms with Crippen molar-refractivity contribution in [2.45, 2.75) is 32.6 Å². The largest absolute Gasteiger partial charge is 0.338 e. The number of rotatable bonds is 6. The molecular formula is C17H24N2O3S. The third-order valence-corrected chi connectivity index (χ3v) is 5.72. The van der Waals surface area contributed by atoms with Crippen LogP contribution in [0.5, 0.6) is 0 Å². The predicted octanol–water partition coefficient (Wildman–Crippen LogP) is 2.27. The van der Waals surface area contributed by atoms with Crippen molar-refractivity contribution in [2.75, 3.05) is 30.2 Å². The van der Waals surface area contributed by atoms with E-state index in [0.29, 0.717) is 30.1 Å². The lowest BCUT2D eigenvalue weighted by Crippen LogP contribution is -2.33. The van der Waals surface area contributed by atoms with Gasteiger partial charge in [0.1, 0.15) is 0 Å². The van der Waals surface area contributed by atoms with Crippen molar-refractivity contribution < 1.29 is 13.2 Å². The second-order valence-electron chi connectivity index (χ2n) is 6.62. The Morgan fingerprint density at radius 1 is 1.35 bits per heavy atom. The number of benzene rings is 1. The summed E-state index contributed by atoms with van der Waals surface area (Å²) < 4.78 is 25.0. The van der Waals surface area contributed by atoms with Gasteiger partial charge in [0.05, 0.1) is 11.9 Å². The topological polar surface area (TPSA) is 57.7 Å². The van der Waals surface area contributed by atoms with E-state index in [1.54, 1.807) is 12.1 Å². The number of hydrogen-bond donors (Lipinski definition) is 0. The molecule has 1 amide bonds. The summed E-state index contributed by atoms with van der Waals surface area (Å²) in [6.45, 7) is 4.17. The minimum Gasteiger partial charge on any atom is -0.338 e. The fourth-order valence-corrected chi connectivity index (χ4v) is 4.15. The molecule has 3 rings (SSSR count). The minimum atomic E-state index is -3.24. The molecule has 1 aliphatic heterocycles. The molecule has 0 spiro atoms. The normalized spacial score (nSPS) is 17.2. The Labute approximate surface area is 138 Å². The van der Waals surface area contributed by atoms with Gasteiger partial charge in [-0.15, -0.1) is 0 Å². The Balaban J connectivity index is 1.82. The van der Waals surface area contributed by atoms with Crippen LogP contribution in [0.3, 0.4) is 0 Å². The first-order chi connectivity index (χ1) is 10.9. The Bertz CT molecular complexity index is 711. The molecule has 126 valence electrons. The fourth-order valence-electron chi connectivity index (χ4n) is 3.19.